The molecule has 0 aromatic heterocycles. The van der Waals surface area contributed by atoms with Crippen LogP contribution in [0.25, 0.3) is 0 Å². The standard InChI is InChI=1S/C12H15Br2NO3/c1-17-7-11(18-2)6-15-12(16)8-3-9(13)5-10(14)4-8/h3-5,11H,6-7H2,1-2H3,(H,15,16). The maximum Gasteiger partial charge on any atom is 0.251 e. The smallest absolute Gasteiger partial charge is 0.251 e. The first-order valence-electron chi connectivity index (χ1n) is 5.33. The fraction of sp³-hybridized carbons (Fsp3) is 0.417. The zero-order valence-corrected chi connectivity index (χ0v) is 13.4. The third-order valence-corrected chi connectivity index (χ3v) is 3.22. The van der Waals surface area contributed by atoms with E-state index in [9.17, 15) is 4.79 Å². The number of amides is 1. The van der Waals surface area contributed by atoms with E-state index in [1.807, 2.05) is 6.07 Å². The first-order chi connectivity index (χ1) is 8.56. The maximum atomic E-state index is 11.9. The molecule has 4 nitrogen and oxygen atoms in total. The molecule has 0 heterocycles. The summed E-state index contributed by atoms with van der Waals surface area (Å²) in [5, 5.41) is 2.80. The molecule has 1 unspecified atom stereocenters. The molecule has 0 aliphatic rings. The average molecular weight is 381 g/mol. The molecule has 1 N–H and O–H groups in total. The molecule has 0 aliphatic heterocycles. The van der Waals surface area contributed by atoms with Gasteiger partial charge in [0.05, 0.1) is 12.7 Å². The highest BCUT2D eigenvalue weighted by Crippen LogP contribution is 2.19. The largest absolute Gasteiger partial charge is 0.382 e. The van der Waals surface area contributed by atoms with Crippen molar-refractivity contribution in [1.82, 2.24) is 5.32 Å². The number of hydrogen-bond donors (Lipinski definition) is 1. The van der Waals surface area contributed by atoms with Crippen molar-refractivity contribution < 1.29 is 14.3 Å². The SMILES string of the molecule is COCC(CNC(=O)c1cc(Br)cc(Br)c1)OC. The van der Waals surface area contributed by atoms with E-state index >= 15 is 0 Å². The fourth-order valence-electron chi connectivity index (χ4n) is 1.39. The highest BCUT2D eigenvalue weighted by molar-refractivity contribution is 9.11. The van der Waals surface area contributed by atoms with Crippen molar-refractivity contribution in [2.75, 3.05) is 27.4 Å². The van der Waals surface area contributed by atoms with E-state index in [0.29, 0.717) is 18.7 Å². The zero-order valence-electron chi connectivity index (χ0n) is 10.2. The zero-order chi connectivity index (χ0) is 13.5. The number of methoxy groups -OCH3 is 2. The lowest BCUT2D eigenvalue weighted by Crippen LogP contribution is -2.35. The number of halogens is 2. The summed E-state index contributed by atoms with van der Waals surface area (Å²) in [6.07, 6.45) is -0.144. The van der Waals surface area contributed by atoms with Gasteiger partial charge in [-0.3, -0.25) is 4.79 Å². The average Bonchev–Trinajstić information content (AvgIpc) is 2.32. The molecule has 0 radical (unpaired) electrons. The van der Waals surface area contributed by atoms with Crippen LogP contribution in [0.2, 0.25) is 0 Å². The van der Waals surface area contributed by atoms with Gasteiger partial charge in [0.1, 0.15) is 0 Å². The summed E-state index contributed by atoms with van der Waals surface area (Å²) in [7, 11) is 3.19. The molecule has 0 bridgehead atoms. The minimum Gasteiger partial charge on any atom is -0.382 e. The molecule has 0 aliphatic carbocycles. The number of hydrogen-bond acceptors (Lipinski definition) is 3. The van der Waals surface area contributed by atoms with Gasteiger partial charge in [-0.1, -0.05) is 31.9 Å². The molecule has 18 heavy (non-hydrogen) atoms. The fourth-order valence-corrected chi connectivity index (χ4v) is 2.68. The van der Waals surface area contributed by atoms with Crippen LogP contribution in [-0.4, -0.2) is 39.4 Å². The molecule has 1 atom stereocenters. The second-order valence-corrected chi connectivity index (χ2v) is 5.51. The first-order valence-corrected chi connectivity index (χ1v) is 6.91. The lowest BCUT2D eigenvalue weighted by molar-refractivity contribution is 0.0285. The van der Waals surface area contributed by atoms with Crippen LogP contribution in [0.5, 0.6) is 0 Å². The van der Waals surface area contributed by atoms with Crippen LogP contribution >= 0.6 is 31.9 Å². The lowest BCUT2D eigenvalue weighted by atomic mass is 10.2. The summed E-state index contributed by atoms with van der Waals surface area (Å²) in [4.78, 5) is 11.9. The Balaban J connectivity index is 2.59. The van der Waals surface area contributed by atoms with Crippen LogP contribution in [0.3, 0.4) is 0 Å². The second-order valence-electron chi connectivity index (χ2n) is 3.68. The molecule has 1 aromatic rings. The van der Waals surface area contributed by atoms with Crippen LogP contribution in [0, 0.1) is 0 Å². The van der Waals surface area contributed by atoms with Gasteiger partial charge in [-0.15, -0.1) is 0 Å². The molecule has 1 amide bonds. The number of nitrogens with one attached hydrogen (secondary N) is 1. The Bertz CT molecular complexity index is 392. The monoisotopic (exact) mass is 379 g/mol. The van der Waals surface area contributed by atoms with E-state index in [1.54, 1.807) is 26.4 Å². The summed E-state index contributed by atoms with van der Waals surface area (Å²) in [6, 6.07) is 5.40. The molecule has 0 spiro atoms. The molecule has 0 saturated carbocycles. The number of rotatable bonds is 6. The molecule has 6 heteroatoms. The highest BCUT2D eigenvalue weighted by Gasteiger charge is 2.11. The van der Waals surface area contributed by atoms with E-state index < -0.39 is 0 Å². The van der Waals surface area contributed by atoms with Crippen LogP contribution in [0.4, 0.5) is 0 Å². The van der Waals surface area contributed by atoms with E-state index in [1.165, 1.54) is 0 Å². The minimum atomic E-state index is -0.144. The number of benzene rings is 1. The number of carbonyl (C=O) groups excluding carboxylic acids is 1. The molecular formula is C12H15Br2NO3. The van der Waals surface area contributed by atoms with Crippen molar-refractivity contribution in [3.05, 3.63) is 32.7 Å². The van der Waals surface area contributed by atoms with Crippen LogP contribution < -0.4 is 5.32 Å². The van der Waals surface area contributed by atoms with Gasteiger partial charge in [-0.2, -0.15) is 0 Å². The third kappa shape index (κ3) is 5.06. The van der Waals surface area contributed by atoms with Gasteiger partial charge < -0.3 is 14.8 Å². The van der Waals surface area contributed by atoms with Gasteiger partial charge >= 0.3 is 0 Å². The van der Waals surface area contributed by atoms with Crippen molar-refractivity contribution in [3.63, 3.8) is 0 Å². The summed E-state index contributed by atoms with van der Waals surface area (Å²) < 4.78 is 11.8. The van der Waals surface area contributed by atoms with E-state index in [4.69, 9.17) is 9.47 Å². The summed E-state index contributed by atoms with van der Waals surface area (Å²) in [5.74, 6) is -0.143. The Hall–Kier alpha value is -0.430. The Kier molecular flexibility index (Phi) is 6.85. The van der Waals surface area contributed by atoms with Crippen LogP contribution in [-0.2, 0) is 9.47 Å². The van der Waals surface area contributed by atoms with Gasteiger partial charge in [0.25, 0.3) is 5.91 Å². The Morgan fingerprint density at radius 2 is 1.89 bits per heavy atom. The molecule has 0 saturated heterocycles. The predicted octanol–water partition coefficient (Wildman–Crippen LogP) is 2.60. The third-order valence-electron chi connectivity index (χ3n) is 2.30. The number of ether oxygens (including phenoxy) is 2. The van der Waals surface area contributed by atoms with E-state index in [2.05, 4.69) is 37.2 Å². The second kappa shape index (κ2) is 7.89. The van der Waals surface area contributed by atoms with E-state index in [0.717, 1.165) is 8.95 Å². The molecule has 1 aromatic carbocycles. The van der Waals surface area contributed by atoms with Crippen LogP contribution in [0.15, 0.2) is 27.1 Å². The lowest BCUT2D eigenvalue weighted by Gasteiger charge is -2.15. The summed E-state index contributed by atoms with van der Waals surface area (Å²) >= 11 is 6.69. The maximum absolute atomic E-state index is 11.9. The van der Waals surface area contributed by atoms with Crippen molar-refractivity contribution in [2.24, 2.45) is 0 Å². The van der Waals surface area contributed by atoms with Crippen molar-refractivity contribution in [1.29, 1.82) is 0 Å². The Morgan fingerprint density at radius 3 is 2.39 bits per heavy atom. The Labute approximate surface area is 123 Å². The molecule has 0 fully saturated rings. The van der Waals surface area contributed by atoms with Crippen molar-refractivity contribution >= 4 is 37.8 Å². The van der Waals surface area contributed by atoms with Gasteiger partial charge in [-0.05, 0) is 18.2 Å². The van der Waals surface area contributed by atoms with Gasteiger partial charge in [0, 0.05) is 35.3 Å². The first kappa shape index (κ1) is 15.6. The van der Waals surface area contributed by atoms with Gasteiger partial charge in [0.15, 0.2) is 0 Å². The van der Waals surface area contributed by atoms with Gasteiger partial charge in [0.2, 0.25) is 0 Å². The summed E-state index contributed by atoms with van der Waals surface area (Å²) in [6.45, 7) is 0.853. The number of carbonyl (C=O) groups is 1. The van der Waals surface area contributed by atoms with Crippen molar-refractivity contribution in [2.45, 2.75) is 6.10 Å². The Morgan fingerprint density at radius 1 is 1.28 bits per heavy atom. The van der Waals surface area contributed by atoms with Crippen molar-refractivity contribution in [3.8, 4) is 0 Å². The summed E-state index contributed by atoms with van der Waals surface area (Å²) in [5.41, 5.74) is 0.587. The minimum absolute atomic E-state index is 0.143. The van der Waals surface area contributed by atoms with Gasteiger partial charge in [-0.25, -0.2) is 0 Å². The van der Waals surface area contributed by atoms with E-state index in [-0.39, 0.29) is 12.0 Å². The molecule has 1 rings (SSSR count). The quantitative estimate of drug-likeness (QED) is 0.825. The molecule has 100 valence electrons. The van der Waals surface area contributed by atoms with Crippen LogP contribution in [0.1, 0.15) is 10.4 Å². The topological polar surface area (TPSA) is 47.6 Å². The highest BCUT2D eigenvalue weighted by atomic mass is 79.9. The predicted molar refractivity (Wildman–Crippen MR) is 76.8 cm³/mol. The molecular weight excluding hydrogens is 366 g/mol. The normalized spacial score (nSPS) is 12.2.